The number of pyridine rings is 1. The summed E-state index contributed by atoms with van der Waals surface area (Å²) in [5.41, 5.74) is 1.30. The normalized spacial score (nSPS) is 10.2. The zero-order chi connectivity index (χ0) is 17.6. The van der Waals surface area contributed by atoms with E-state index in [1.807, 2.05) is 17.5 Å². The Kier molecular flexibility index (Phi) is 5.43. The first-order chi connectivity index (χ1) is 12.2. The van der Waals surface area contributed by atoms with E-state index < -0.39 is 5.82 Å². The zero-order valence-corrected chi connectivity index (χ0v) is 14.5. The first-order valence-electron chi connectivity index (χ1n) is 7.29. The van der Waals surface area contributed by atoms with Gasteiger partial charge in [0.05, 0.1) is 27.6 Å². The second-order valence-electron chi connectivity index (χ2n) is 4.96. The van der Waals surface area contributed by atoms with E-state index in [0.717, 1.165) is 22.3 Å². The number of thiophene rings is 1. The molecule has 0 aliphatic heterocycles. The van der Waals surface area contributed by atoms with Crippen LogP contribution in [0.1, 0.15) is 5.56 Å². The zero-order valence-electron chi connectivity index (χ0n) is 12.9. The molecule has 3 rings (SSSR count). The average molecular weight is 369 g/mol. The van der Waals surface area contributed by atoms with Crippen molar-refractivity contribution in [1.29, 1.82) is 5.26 Å². The third-order valence-electron chi connectivity index (χ3n) is 3.24. The number of hydrogen-bond acceptors (Lipinski definition) is 5. The molecule has 4 nitrogen and oxygen atoms in total. The lowest BCUT2D eigenvalue weighted by Crippen LogP contribution is -2.15. The standard InChI is InChI=1S/C18H12FN3OS2/c19-13-4-1-2-5-14(13)21-17(23)11-25-18-12(10-20)7-8-15(22-18)16-6-3-9-24-16/h1-9H,11H2,(H,21,23). The van der Waals surface area contributed by atoms with Gasteiger partial charge in [-0.2, -0.15) is 5.26 Å². The van der Waals surface area contributed by atoms with Gasteiger partial charge in [0, 0.05) is 0 Å². The minimum atomic E-state index is -0.489. The summed E-state index contributed by atoms with van der Waals surface area (Å²) in [6.07, 6.45) is 0. The summed E-state index contributed by atoms with van der Waals surface area (Å²) in [4.78, 5) is 17.5. The van der Waals surface area contributed by atoms with Crippen LogP contribution in [-0.2, 0) is 4.79 Å². The van der Waals surface area contributed by atoms with Crippen molar-refractivity contribution in [2.24, 2.45) is 0 Å². The molecule has 0 spiro atoms. The average Bonchev–Trinajstić information content (AvgIpc) is 3.16. The molecule has 25 heavy (non-hydrogen) atoms. The molecule has 0 saturated heterocycles. The highest BCUT2D eigenvalue weighted by Gasteiger charge is 2.12. The number of para-hydroxylation sites is 1. The largest absolute Gasteiger partial charge is 0.323 e. The van der Waals surface area contributed by atoms with Gasteiger partial charge in [-0.3, -0.25) is 4.79 Å². The number of benzene rings is 1. The third kappa shape index (κ3) is 4.24. The van der Waals surface area contributed by atoms with Crippen molar-refractivity contribution in [2.75, 3.05) is 11.1 Å². The van der Waals surface area contributed by atoms with Gasteiger partial charge in [0.15, 0.2) is 0 Å². The molecular weight excluding hydrogens is 357 g/mol. The fraction of sp³-hybridized carbons (Fsp3) is 0.0556. The minimum Gasteiger partial charge on any atom is -0.323 e. The highest BCUT2D eigenvalue weighted by molar-refractivity contribution is 8.00. The monoisotopic (exact) mass is 369 g/mol. The van der Waals surface area contributed by atoms with E-state index in [1.54, 1.807) is 35.6 Å². The van der Waals surface area contributed by atoms with Gasteiger partial charge in [0.2, 0.25) is 5.91 Å². The van der Waals surface area contributed by atoms with Crippen LogP contribution in [-0.4, -0.2) is 16.6 Å². The second kappa shape index (κ2) is 7.92. The number of nitriles is 1. The molecule has 0 bridgehead atoms. The molecule has 3 aromatic rings. The molecule has 0 aliphatic rings. The molecule has 0 aliphatic carbocycles. The number of thioether (sulfide) groups is 1. The van der Waals surface area contributed by atoms with Crippen LogP contribution in [0.2, 0.25) is 0 Å². The van der Waals surface area contributed by atoms with Crippen LogP contribution in [0.4, 0.5) is 10.1 Å². The predicted molar refractivity (Wildman–Crippen MR) is 98.0 cm³/mol. The molecular formula is C18H12FN3OS2. The summed E-state index contributed by atoms with van der Waals surface area (Å²) < 4.78 is 13.6. The van der Waals surface area contributed by atoms with Crippen molar-refractivity contribution in [3.05, 3.63) is 65.3 Å². The lowest BCUT2D eigenvalue weighted by Gasteiger charge is -2.07. The van der Waals surface area contributed by atoms with Gasteiger partial charge in [0.25, 0.3) is 0 Å². The topological polar surface area (TPSA) is 65.8 Å². The van der Waals surface area contributed by atoms with E-state index in [9.17, 15) is 14.4 Å². The Morgan fingerprint density at radius 2 is 2.08 bits per heavy atom. The van der Waals surface area contributed by atoms with Crippen molar-refractivity contribution in [1.82, 2.24) is 4.98 Å². The summed E-state index contributed by atoms with van der Waals surface area (Å²) >= 11 is 2.70. The van der Waals surface area contributed by atoms with Crippen LogP contribution >= 0.6 is 23.1 Å². The lowest BCUT2D eigenvalue weighted by molar-refractivity contribution is -0.113. The number of nitrogens with zero attached hydrogens (tertiary/aromatic N) is 2. The fourth-order valence-corrected chi connectivity index (χ4v) is 3.55. The van der Waals surface area contributed by atoms with Gasteiger partial charge in [-0.25, -0.2) is 9.37 Å². The summed E-state index contributed by atoms with van der Waals surface area (Å²) in [7, 11) is 0. The molecule has 0 fully saturated rings. The molecule has 1 N–H and O–H groups in total. The first-order valence-corrected chi connectivity index (χ1v) is 9.16. The molecule has 0 atom stereocenters. The van der Waals surface area contributed by atoms with Crippen molar-refractivity contribution in [2.45, 2.75) is 5.03 Å². The van der Waals surface area contributed by atoms with Crippen LogP contribution in [0.25, 0.3) is 10.6 Å². The molecule has 2 aromatic heterocycles. The number of rotatable bonds is 5. The van der Waals surface area contributed by atoms with E-state index in [4.69, 9.17) is 0 Å². The number of hydrogen-bond donors (Lipinski definition) is 1. The van der Waals surface area contributed by atoms with Crippen LogP contribution in [0, 0.1) is 17.1 Å². The number of amides is 1. The van der Waals surface area contributed by atoms with E-state index in [1.165, 1.54) is 12.1 Å². The van der Waals surface area contributed by atoms with E-state index >= 15 is 0 Å². The maximum Gasteiger partial charge on any atom is 0.234 e. The minimum absolute atomic E-state index is 0.0317. The Morgan fingerprint density at radius 3 is 2.80 bits per heavy atom. The molecule has 0 radical (unpaired) electrons. The number of aromatic nitrogens is 1. The van der Waals surface area contributed by atoms with Crippen molar-refractivity contribution in [3.63, 3.8) is 0 Å². The van der Waals surface area contributed by atoms with Crippen molar-refractivity contribution >= 4 is 34.7 Å². The van der Waals surface area contributed by atoms with E-state index in [0.29, 0.717) is 10.6 Å². The first kappa shape index (κ1) is 17.1. The Hall–Kier alpha value is -2.69. The molecule has 1 aromatic carbocycles. The maximum absolute atomic E-state index is 13.6. The fourth-order valence-electron chi connectivity index (χ4n) is 2.08. The quantitative estimate of drug-likeness (QED) is 0.670. The van der Waals surface area contributed by atoms with Crippen LogP contribution in [0.15, 0.2) is 58.9 Å². The molecule has 2 heterocycles. The van der Waals surface area contributed by atoms with Crippen LogP contribution in [0.5, 0.6) is 0 Å². The smallest absolute Gasteiger partial charge is 0.234 e. The number of carbonyl (C=O) groups excluding carboxylic acids is 1. The van der Waals surface area contributed by atoms with Gasteiger partial charge in [-0.05, 0) is 35.7 Å². The van der Waals surface area contributed by atoms with Gasteiger partial charge < -0.3 is 5.32 Å². The Morgan fingerprint density at radius 1 is 1.24 bits per heavy atom. The second-order valence-corrected chi connectivity index (χ2v) is 6.87. The predicted octanol–water partition coefficient (Wildman–Crippen LogP) is 4.55. The molecule has 0 saturated carbocycles. The van der Waals surface area contributed by atoms with Crippen molar-refractivity contribution in [3.8, 4) is 16.6 Å². The summed E-state index contributed by atoms with van der Waals surface area (Å²) in [5, 5.41) is 14.2. The van der Waals surface area contributed by atoms with Gasteiger partial charge in [-0.1, -0.05) is 30.0 Å². The summed E-state index contributed by atoms with van der Waals surface area (Å²) in [6, 6.07) is 15.4. The van der Waals surface area contributed by atoms with E-state index in [-0.39, 0.29) is 17.3 Å². The highest BCUT2D eigenvalue weighted by Crippen LogP contribution is 2.28. The van der Waals surface area contributed by atoms with E-state index in [2.05, 4.69) is 16.4 Å². The Bertz CT molecular complexity index is 936. The highest BCUT2D eigenvalue weighted by atomic mass is 32.2. The molecule has 7 heteroatoms. The van der Waals surface area contributed by atoms with Gasteiger partial charge in [0.1, 0.15) is 16.9 Å². The van der Waals surface area contributed by atoms with Gasteiger partial charge in [-0.15, -0.1) is 11.3 Å². The third-order valence-corrected chi connectivity index (χ3v) is 5.13. The summed E-state index contributed by atoms with van der Waals surface area (Å²) in [6.45, 7) is 0. The Labute approximate surface area is 152 Å². The SMILES string of the molecule is N#Cc1ccc(-c2cccs2)nc1SCC(=O)Nc1ccccc1F. The molecule has 124 valence electrons. The number of carbonyl (C=O) groups is 1. The number of halogens is 1. The lowest BCUT2D eigenvalue weighted by atomic mass is 10.2. The molecule has 0 unspecified atom stereocenters. The number of anilines is 1. The molecule has 1 amide bonds. The van der Waals surface area contributed by atoms with Gasteiger partial charge >= 0.3 is 0 Å². The Balaban J connectivity index is 1.72. The van der Waals surface area contributed by atoms with Crippen LogP contribution in [0.3, 0.4) is 0 Å². The number of nitrogens with one attached hydrogen (secondary N) is 1. The van der Waals surface area contributed by atoms with Crippen LogP contribution < -0.4 is 5.32 Å². The maximum atomic E-state index is 13.6. The van der Waals surface area contributed by atoms with Crippen molar-refractivity contribution < 1.29 is 9.18 Å². The summed E-state index contributed by atoms with van der Waals surface area (Å²) in [5.74, 6) is -0.817.